The van der Waals surface area contributed by atoms with Gasteiger partial charge in [0, 0.05) is 53.8 Å². The fraction of sp³-hybridized carbons (Fsp3) is 0.527. The standard InChI is InChI=1S/C55H65NO11/c1-61-43-30-38(22-23-41(43)64-48(57)24-19-34-13-7-4-8-14-34)51-52-40-32-45(63-3)47(66-50(59)26-21-36-17-11-6-12-18-36)33-42(40)67-55(60)54(52)56-28-27-37-29-44(62-2)46(31-39(37)53(51)56)65-49(58)25-20-35-15-9-5-10-16-35/h22-23,29-36H,4-21,24-28H2,1-3H3. The van der Waals surface area contributed by atoms with Crippen molar-refractivity contribution in [3.05, 3.63) is 58.4 Å². The van der Waals surface area contributed by atoms with E-state index >= 15 is 0 Å². The second kappa shape index (κ2) is 21.0. The maximum atomic E-state index is 14.5. The van der Waals surface area contributed by atoms with Crippen LogP contribution < -0.4 is 34.0 Å². The normalized spacial score (nSPS) is 16.9. The molecule has 4 aliphatic rings. The van der Waals surface area contributed by atoms with Gasteiger partial charge in [-0.05, 0) is 84.9 Å². The molecule has 12 nitrogen and oxygen atoms in total. The molecule has 3 aromatic carbocycles. The zero-order valence-electron chi connectivity index (χ0n) is 39.5. The van der Waals surface area contributed by atoms with Crippen molar-refractivity contribution in [2.45, 2.75) is 148 Å². The lowest BCUT2D eigenvalue weighted by Crippen LogP contribution is -2.16. The summed E-state index contributed by atoms with van der Waals surface area (Å²) in [6, 6.07) is 12.5. The number of rotatable bonds is 16. The summed E-state index contributed by atoms with van der Waals surface area (Å²) in [6.07, 6.45) is 21.6. The average molecular weight is 916 g/mol. The van der Waals surface area contributed by atoms with Gasteiger partial charge in [0.2, 0.25) is 0 Å². The summed E-state index contributed by atoms with van der Waals surface area (Å²) in [5.74, 6) is 2.43. The minimum absolute atomic E-state index is 0.167. The fourth-order valence-corrected chi connectivity index (χ4v) is 11.4. The molecule has 67 heavy (non-hydrogen) atoms. The Hall–Kier alpha value is -5.78. The van der Waals surface area contributed by atoms with Gasteiger partial charge in [-0.25, -0.2) is 4.79 Å². The Bertz CT molecular complexity index is 2670. The number of aryl methyl sites for hydroxylation is 2. The molecule has 3 aliphatic carbocycles. The summed E-state index contributed by atoms with van der Waals surface area (Å²) < 4.78 is 43.7. The van der Waals surface area contributed by atoms with Crippen LogP contribution in [0.15, 0.2) is 51.7 Å². The number of methoxy groups -OCH3 is 3. The largest absolute Gasteiger partial charge is 0.493 e. The van der Waals surface area contributed by atoms with E-state index < -0.39 is 5.63 Å². The molecule has 0 bridgehead atoms. The van der Waals surface area contributed by atoms with E-state index in [9.17, 15) is 19.2 Å². The first kappa shape index (κ1) is 46.3. The number of hydrogen-bond acceptors (Lipinski definition) is 11. The van der Waals surface area contributed by atoms with Crippen LogP contribution in [0.2, 0.25) is 0 Å². The smallest absolute Gasteiger partial charge is 0.361 e. The number of aromatic nitrogens is 1. The number of ether oxygens (including phenoxy) is 6. The van der Waals surface area contributed by atoms with E-state index in [1.807, 2.05) is 28.8 Å². The van der Waals surface area contributed by atoms with E-state index in [1.165, 1.54) is 72.0 Å². The van der Waals surface area contributed by atoms with Crippen LogP contribution in [-0.2, 0) is 27.3 Å². The lowest BCUT2D eigenvalue weighted by molar-refractivity contribution is -0.135. The molecule has 3 fully saturated rings. The molecule has 5 aromatic rings. The number of benzene rings is 3. The molecule has 0 N–H and O–H groups in total. The maximum absolute atomic E-state index is 14.5. The number of esters is 3. The van der Waals surface area contributed by atoms with Gasteiger partial charge in [0.25, 0.3) is 0 Å². The molecule has 12 heteroatoms. The van der Waals surface area contributed by atoms with Crippen LogP contribution in [0, 0.1) is 17.8 Å². The Kier molecular flexibility index (Phi) is 14.5. The van der Waals surface area contributed by atoms with Crippen molar-refractivity contribution in [1.29, 1.82) is 0 Å². The predicted molar refractivity (Wildman–Crippen MR) is 257 cm³/mol. The Labute approximate surface area is 392 Å². The van der Waals surface area contributed by atoms with Gasteiger partial charge in [-0.3, -0.25) is 14.4 Å². The van der Waals surface area contributed by atoms with Gasteiger partial charge in [-0.15, -0.1) is 0 Å². The molecular weight excluding hydrogens is 851 g/mol. The quantitative estimate of drug-likeness (QED) is 0.0530. The minimum atomic E-state index is -0.573. The van der Waals surface area contributed by atoms with Gasteiger partial charge in [0.1, 0.15) is 11.1 Å². The zero-order chi connectivity index (χ0) is 46.4. The number of carbonyl (C=O) groups is 3. The van der Waals surface area contributed by atoms with E-state index in [-0.39, 0.29) is 35.7 Å². The predicted octanol–water partition coefficient (Wildman–Crippen LogP) is 12.5. The molecule has 0 spiro atoms. The summed E-state index contributed by atoms with van der Waals surface area (Å²) in [5.41, 5.74) is 3.74. The third-order valence-electron chi connectivity index (χ3n) is 15.0. The van der Waals surface area contributed by atoms with Crippen LogP contribution in [-0.4, -0.2) is 43.8 Å². The summed E-state index contributed by atoms with van der Waals surface area (Å²) in [7, 11) is 4.62. The van der Waals surface area contributed by atoms with Crippen LogP contribution in [0.5, 0.6) is 34.5 Å². The Balaban J connectivity index is 1.14. The second-order valence-corrected chi connectivity index (χ2v) is 19.3. The summed E-state index contributed by atoms with van der Waals surface area (Å²) >= 11 is 0. The molecule has 0 radical (unpaired) electrons. The van der Waals surface area contributed by atoms with Gasteiger partial charge in [-0.1, -0.05) is 102 Å². The van der Waals surface area contributed by atoms with Crippen LogP contribution >= 0.6 is 0 Å². The van der Waals surface area contributed by atoms with Crippen molar-refractivity contribution >= 4 is 39.8 Å². The molecule has 3 heterocycles. The Morgan fingerprint density at radius 1 is 0.582 bits per heavy atom. The van der Waals surface area contributed by atoms with Crippen molar-refractivity contribution in [3.8, 4) is 56.9 Å². The van der Waals surface area contributed by atoms with Crippen molar-refractivity contribution in [2.24, 2.45) is 17.8 Å². The molecule has 0 unspecified atom stereocenters. The highest BCUT2D eigenvalue weighted by Gasteiger charge is 2.32. The Morgan fingerprint density at radius 2 is 1.07 bits per heavy atom. The van der Waals surface area contributed by atoms with Crippen LogP contribution in [0.4, 0.5) is 0 Å². The number of carbonyl (C=O) groups excluding carboxylic acids is 3. The van der Waals surface area contributed by atoms with Crippen LogP contribution in [0.1, 0.15) is 140 Å². The molecule has 1 aliphatic heterocycles. The van der Waals surface area contributed by atoms with Gasteiger partial charge < -0.3 is 37.4 Å². The molecule has 0 amide bonds. The van der Waals surface area contributed by atoms with Gasteiger partial charge in [0.05, 0.1) is 27.0 Å². The minimum Gasteiger partial charge on any atom is -0.493 e. The molecular formula is C55H65NO11. The first-order valence-corrected chi connectivity index (χ1v) is 24.9. The monoisotopic (exact) mass is 915 g/mol. The third-order valence-corrected chi connectivity index (χ3v) is 15.0. The third kappa shape index (κ3) is 10.2. The second-order valence-electron chi connectivity index (χ2n) is 19.3. The van der Waals surface area contributed by atoms with E-state index in [2.05, 4.69) is 0 Å². The van der Waals surface area contributed by atoms with Gasteiger partial charge in [0.15, 0.2) is 34.5 Å². The maximum Gasteiger partial charge on any atom is 0.361 e. The van der Waals surface area contributed by atoms with Crippen LogP contribution in [0.3, 0.4) is 0 Å². The highest BCUT2D eigenvalue weighted by atomic mass is 16.6. The van der Waals surface area contributed by atoms with E-state index in [4.69, 9.17) is 32.8 Å². The van der Waals surface area contributed by atoms with Gasteiger partial charge >= 0.3 is 23.5 Å². The lowest BCUT2D eigenvalue weighted by atomic mass is 9.86. The summed E-state index contributed by atoms with van der Waals surface area (Å²) in [4.78, 5) is 54.5. The highest BCUT2D eigenvalue weighted by Crippen LogP contribution is 2.50. The van der Waals surface area contributed by atoms with Crippen molar-refractivity contribution in [2.75, 3.05) is 21.3 Å². The first-order chi connectivity index (χ1) is 32.7. The first-order valence-electron chi connectivity index (χ1n) is 24.9. The molecule has 0 saturated heterocycles. The molecule has 3 saturated carbocycles. The van der Waals surface area contributed by atoms with E-state index in [0.29, 0.717) is 105 Å². The van der Waals surface area contributed by atoms with Crippen molar-refractivity contribution < 1.29 is 47.2 Å². The zero-order valence-corrected chi connectivity index (χ0v) is 39.5. The average Bonchev–Trinajstić information content (AvgIpc) is 3.72. The van der Waals surface area contributed by atoms with Crippen molar-refractivity contribution in [1.82, 2.24) is 4.57 Å². The molecule has 2 aromatic heterocycles. The van der Waals surface area contributed by atoms with Gasteiger partial charge in [-0.2, -0.15) is 0 Å². The van der Waals surface area contributed by atoms with E-state index in [1.54, 1.807) is 25.3 Å². The number of fused-ring (bicyclic) bond motifs is 7. The number of nitrogens with zero attached hydrogens (tertiary/aromatic N) is 1. The SMILES string of the molecule is COc1cc(-c2c3n(c4c(=O)oc5cc(OC(=O)CCC6CCCCC6)c(OC)cc5c24)CCc2cc(OC)c(OC(=O)CCC4CCCCC4)cc2-3)ccc1OC(=O)CCC1CCCCC1. The summed E-state index contributed by atoms with van der Waals surface area (Å²) in [6.45, 7) is 0.431. The molecule has 0 atom stereocenters. The Morgan fingerprint density at radius 3 is 1.61 bits per heavy atom. The molecule has 9 rings (SSSR count). The topological polar surface area (TPSA) is 142 Å². The lowest BCUT2D eigenvalue weighted by Gasteiger charge is -2.24. The van der Waals surface area contributed by atoms with E-state index in [0.717, 1.165) is 68.9 Å². The van der Waals surface area contributed by atoms with Crippen LogP contribution in [0.25, 0.3) is 44.3 Å². The number of hydrogen-bond donors (Lipinski definition) is 0. The fourth-order valence-electron chi connectivity index (χ4n) is 11.4. The summed E-state index contributed by atoms with van der Waals surface area (Å²) in [5, 5.41) is 1.15. The highest BCUT2D eigenvalue weighted by molar-refractivity contribution is 6.17. The molecule has 356 valence electrons. The van der Waals surface area contributed by atoms with Crippen molar-refractivity contribution in [3.63, 3.8) is 0 Å².